The van der Waals surface area contributed by atoms with Crippen molar-refractivity contribution >= 4 is 55.2 Å². The molecule has 2 aromatic carbocycles. The molecule has 5 nitrogen and oxygen atoms in total. The molecule has 8 heteroatoms. The summed E-state index contributed by atoms with van der Waals surface area (Å²) >= 11 is 8.19. The summed E-state index contributed by atoms with van der Waals surface area (Å²) in [7, 11) is 0. The number of hydrogen-bond donors (Lipinski definition) is 2. The molecule has 1 heterocycles. The summed E-state index contributed by atoms with van der Waals surface area (Å²) in [5, 5.41) is 10.2. The minimum absolute atomic E-state index is 0.102. The number of carbonyl (C=O) groups is 1. The van der Waals surface area contributed by atoms with E-state index in [0.29, 0.717) is 11.0 Å². The molecule has 128 valence electrons. The Morgan fingerprint density at radius 3 is 2.76 bits per heavy atom. The normalized spacial score (nSPS) is 12.0. The molecule has 1 aromatic heterocycles. The van der Waals surface area contributed by atoms with Gasteiger partial charge in [-0.15, -0.1) is 5.10 Å². The number of rotatable bonds is 5. The Morgan fingerprint density at radius 2 is 2.00 bits per heavy atom. The van der Waals surface area contributed by atoms with Crippen LogP contribution in [0.1, 0.15) is 6.92 Å². The van der Waals surface area contributed by atoms with Crippen LogP contribution in [-0.2, 0) is 4.79 Å². The lowest BCUT2D eigenvalue weighted by Crippen LogP contribution is -2.22. The molecule has 0 aliphatic heterocycles. The first-order valence-electron chi connectivity index (χ1n) is 7.43. The molecule has 0 fully saturated rings. The number of hydrogen-bond acceptors (Lipinski definition) is 4. The molecular weight excluding hydrogens is 468 g/mol. The van der Waals surface area contributed by atoms with Crippen LogP contribution in [0, 0.1) is 0 Å². The van der Waals surface area contributed by atoms with Gasteiger partial charge in [0.05, 0.1) is 5.25 Å². The van der Waals surface area contributed by atoms with E-state index < -0.39 is 0 Å². The Bertz CT molecular complexity index is 900. The molecule has 0 aliphatic rings. The quantitative estimate of drug-likeness (QED) is 0.496. The smallest absolute Gasteiger partial charge is 0.237 e. The summed E-state index contributed by atoms with van der Waals surface area (Å²) in [6.45, 7) is 1.83. The molecule has 1 amide bonds. The molecule has 25 heavy (non-hydrogen) atoms. The fourth-order valence-electron chi connectivity index (χ4n) is 2.09. The van der Waals surface area contributed by atoms with Gasteiger partial charge >= 0.3 is 0 Å². The zero-order valence-corrected chi connectivity index (χ0v) is 17.2. The number of benzene rings is 2. The SMILES string of the molecule is CC(Sc1n[nH]c(-c2ccccc2Br)n1)C(=O)Nc1cccc(Br)c1. The number of anilines is 1. The maximum atomic E-state index is 12.3. The first-order chi connectivity index (χ1) is 12.0. The number of halogens is 2. The molecule has 0 spiro atoms. The average molecular weight is 482 g/mol. The third-order valence-corrected chi connectivity index (χ3v) is 5.48. The largest absolute Gasteiger partial charge is 0.325 e. The second kappa shape index (κ2) is 8.16. The Morgan fingerprint density at radius 1 is 1.20 bits per heavy atom. The van der Waals surface area contributed by atoms with E-state index in [1.165, 1.54) is 11.8 Å². The highest BCUT2D eigenvalue weighted by molar-refractivity contribution is 9.10. The summed E-state index contributed by atoms with van der Waals surface area (Å²) in [5.41, 5.74) is 1.67. The second-order valence-electron chi connectivity index (χ2n) is 5.21. The second-order valence-corrected chi connectivity index (χ2v) is 8.28. The lowest BCUT2D eigenvalue weighted by molar-refractivity contribution is -0.115. The number of amides is 1. The number of aromatic nitrogens is 3. The van der Waals surface area contributed by atoms with Gasteiger partial charge in [0.1, 0.15) is 0 Å². The Hall–Kier alpha value is -1.64. The van der Waals surface area contributed by atoms with Gasteiger partial charge in [-0.2, -0.15) is 0 Å². The number of H-pyrrole nitrogens is 1. The van der Waals surface area contributed by atoms with Gasteiger partial charge in [-0.1, -0.05) is 67.9 Å². The van der Waals surface area contributed by atoms with Crippen LogP contribution in [0.5, 0.6) is 0 Å². The van der Waals surface area contributed by atoms with Crippen molar-refractivity contribution in [2.45, 2.75) is 17.3 Å². The number of nitrogens with zero attached hydrogens (tertiary/aromatic N) is 2. The third-order valence-electron chi connectivity index (χ3n) is 3.34. The van der Waals surface area contributed by atoms with Gasteiger partial charge in [0.25, 0.3) is 0 Å². The Labute approximate surface area is 166 Å². The van der Waals surface area contributed by atoms with Gasteiger partial charge in [-0.05, 0) is 31.2 Å². The topological polar surface area (TPSA) is 70.7 Å². The van der Waals surface area contributed by atoms with Gasteiger partial charge in [0.2, 0.25) is 11.1 Å². The molecule has 3 rings (SSSR count). The van der Waals surface area contributed by atoms with E-state index in [1.54, 1.807) is 0 Å². The summed E-state index contributed by atoms with van der Waals surface area (Å²) < 4.78 is 1.85. The van der Waals surface area contributed by atoms with Crippen LogP contribution in [0.15, 0.2) is 62.6 Å². The molecular formula is C17H14Br2N4OS. The van der Waals surface area contributed by atoms with Crippen molar-refractivity contribution in [1.29, 1.82) is 0 Å². The van der Waals surface area contributed by atoms with Gasteiger partial charge in [0.15, 0.2) is 5.82 Å². The molecule has 0 saturated carbocycles. The van der Waals surface area contributed by atoms with Crippen LogP contribution in [0.4, 0.5) is 5.69 Å². The zero-order valence-electron chi connectivity index (χ0n) is 13.2. The molecule has 0 radical (unpaired) electrons. The maximum Gasteiger partial charge on any atom is 0.237 e. The summed E-state index contributed by atoms with van der Waals surface area (Å²) in [4.78, 5) is 16.8. The zero-order chi connectivity index (χ0) is 17.8. The number of carbonyl (C=O) groups excluding carboxylic acids is 1. The van der Waals surface area contributed by atoms with E-state index >= 15 is 0 Å². The van der Waals surface area contributed by atoms with E-state index in [1.807, 2.05) is 55.5 Å². The first-order valence-corrected chi connectivity index (χ1v) is 9.90. The molecule has 3 aromatic rings. The van der Waals surface area contributed by atoms with E-state index in [4.69, 9.17) is 0 Å². The first kappa shape index (κ1) is 18.2. The molecule has 2 N–H and O–H groups in total. The fourth-order valence-corrected chi connectivity index (χ4v) is 3.69. The van der Waals surface area contributed by atoms with Crippen molar-refractivity contribution < 1.29 is 4.79 Å². The lowest BCUT2D eigenvalue weighted by atomic mass is 10.2. The summed E-state index contributed by atoms with van der Waals surface area (Å²) in [5.74, 6) is 0.560. The van der Waals surface area contributed by atoms with Crippen LogP contribution in [0.25, 0.3) is 11.4 Å². The predicted octanol–water partition coefficient (Wildman–Crippen LogP) is 5.12. The fraction of sp³-hybridized carbons (Fsp3) is 0.118. The van der Waals surface area contributed by atoms with Gasteiger partial charge in [-0.25, -0.2) is 4.98 Å². The van der Waals surface area contributed by atoms with E-state index in [2.05, 4.69) is 52.4 Å². The van der Waals surface area contributed by atoms with Crippen molar-refractivity contribution in [3.05, 3.63) is 57.5 Å². The maximum absolute atomic E-state index is 12.3. The molecule has 1 unspecified atom stereocenters. The van der Waals surface area contributed by atoms with Crippen LogP contribution < -0.4 is 5.32 Å². The van der Waals surface area contributed by atoms with Gasteiger partial charge < -0.3 is 5.32 Å². The number of thioether (sulfide) groups is 1. The highest BCUT2D eigenvalue weighted by Gasteiger charge is 2.18. The van der Waals surface area contributed by atoms with Crippen molar-refractivity contribution in [3.8, 4) is 11.4 Å². The van der Waals surface area contributed by atoms with Crippen molar-refractivity contribution in [3.63, 3.8) is 0 Å². The van der Waals surface area contributed by atoms with Crippen LogP contribution in [0.2, 0.25) is 0 Å². The summed E-state index contributed by atoms with van der Waals surface area (Å²) in [6.07, 6.45) is 0. The number of nitrogens with one attached hydrogen (secondary N) is 2. The van der Waals surface area contributed by atoms with Gasteiger partial charge in [0, 0.05) is 20.2 Å². The third kappa shape index (κ3) is 4.71. The van der Waals surface area contributed by atoms with E-state index in [0.717, 1.165) is 20.2 Å². The Kier molecular flexibility index (Phi) is 5.93. The molecule has 0 aliphatic carbocycles. The predicted molar refractivity (Wildman–Crippen MR) is 108 cm³/mol. The summed E-state index contributed by atoms with van der Waals surface area (Å²) in [6, 6.07) is 15.2. The van der Waals surface area contributed by atoms with Crippen LogP contribution in [0.3, 0.4) is 0 Å². The van der Waals surface area contributed by atoms with E-state index in [9.17, 15) is 4.79 Å². The van der Waals surface area contributed by atoms with Crippen molar-refractivity contribution in [1.82, 2.24) is 15.2 Å². The minimum atomic E-state index is -0.332. The monoisotopic (exact) mass is 480 g/mol. The van der Waals surface area contributed by atoms with Crippen molar-refractivity contribution in [2.24, 2.45) is 0 Å². The van der Waals surface area contributed by atoms with Crippen molar-refractivity contribution in [2.75, 3.05) is 5.32 Å². The molecule has 0 saturated heterocycles. The molecule has 1 atom stereocenters. The highest BCUT2D eigenvalue weighted by atomic mass is 79.9. The van der Waals surface area contributed by atoms with Crippen LogP contribution >= 0.6 is 43.6 Å². The van der Waals surface area contributed by atoms with Crippen LogP contribution in [-0.4, -0.2) is 26.3 Å². The molecule has 0 bridgehead atoms. The average Bonchev–Trinajstić information content (AvgIpc) is 3.03. The lowest BCUT2D eigenvalue weighted by Gasteiger charge is -2.10. The minimum Gasteiger partial charge on any atom is -0.325 e. The highest BCUT2D eigenvalue weighted by Crippen LogP contribution is 2.28. The van der Waals surface area contributed by atoms with E-state index in [-0.39, 0.29) is 11.2 Å². The number of aromatic amines is 1. The Balaban J connectivity index is 1.66. The standard InChI is InChI=1S/C17H14Br2N4OS/c1-10(16(24)20-12-6-4-5-11(18)9-12)25-17-21-15(22-23-17)13-7-2-3-8-14(13)19/h2-10H,1H3,(H,20,24)(H,21,22,23). The van der Waals surface area contributed by atoms with Gasteiger partial charge in [-0.3, -0.25) is 9.89 Å².